The van der Waals surface area contributed by atoms with E-state index >= 15 is 0 Å². The van der Waals surface area contributed by atoms with Crippen LogP contribution in [0.3, 0.4) is 0 Å². The van der Waals surface area contributed by atoms with Crippen LogP contribution in [0, 0.1) is 5.92 Å². The lowest BCUT2D eigenvalue weighted by Gasteiger charge is -2.31. The summed E-state index contributed by atoms with van der Waals surface area (Å²) in [5, 5.41) is 0. The summed E-state index contributed by atoms with van der Waals surface area (Å²) in [7, 11) is 1.61. The minimum absolute atomic E-state index is 0.0114. The number of primary amides is 1. The Hall–Kier alpha value is -2.08. The van der Waals surface area contributed by atoms with Crippen LogP contribution in [0.2, 0.25) is 0 Å². The number of ether oxygens (including phenoxy) is 2. The van der Waals surface area contributed by atoms with Crippen molar-refractivity contribution in [1.82, 2.24) is 4.90 Å². The smallest absolute Gasteiger partial charge is 0.248 e. The summed E-state index contributed by atoms with van der Waals surface area (Å²) < 4.78 is 10.5. The summed E-state index contributed by atoms with van der Waals surface area (Å²) in [6.45, 7) is 1.44. The van der Waals surface area contributed by atoms with Crippen molar-refractivity contribution in [3.63, 3.8) is 0 Å². The third-order valence-corrected chi connectivity index (χ3v) is 3.83. The van der Waals surface area contributed by atoms with Gasteiger partial charge in [0, 0.05) is 13.1 Å². The number of amides is 2. The highest BCUT2D eigenvalue weighted by Gasteiger charge is 2.26. The lowest BCUT2D eigenvalue weighted by molar-refractivity contribution is -0.139. The molecule has 1 saturated heterocycles. The molecule has 1 atom stereocenters. The SMILES string of the molecule is COc1ccc(COCC(=O)N2CCC[C@@H](C(N)=O)C2)cc1. The van der Waals surface area contributed by atoms with Crippen molar-refractivity contribution in [2.45, 2.75) is 19.4 Å². The van der Waals surface area contributed by atoms with E-state index in [1.165, 1.54) is 0 Å². The van der Waals surface area contributed by atoms with Gasteiger partial charge in [-0.15, -0.1) is 0 Å². The van der Waals surface area contributed by atoms with Crippen molar-refractivity contribution >= 4 is 11.8 Å². The molecule has 0 spiro atoms. The normalized spacial score (nSPS) is 18.0. The van der Waals surface area contributed by atoms with Crippen LogP contribution < -0.4 is 10.5 Å². The number of nitrogens with zero attached hydrogens (tertiary/aromatic N) is 1. The van der Waals surface area contributed by atoms with E-state index < -0.39 is 0 Å². The minimum atomic E-state index is -0.336. The second-order valence-electron chi connectivity index (χ2n) is 5.42. The molecule has 0 aromatic heterocycles. The summed E-state index contributed by atoms with van der Waals surface area (Å²) in [5.74, 6) is 0.112. The van der Waals surface area contributed by atoms with Crippen molar-refractivity contribution in [2.24, 2.45) is 11.7 Å². The van der Waals surface area contributed by atoms with E-state index in [0.29, 0.717) is 19.7 Å². The Morgan fingerprint density at radius 1 is 1.32 bits per heavy atom. The molecule has 6 nitrogen and oxygen atoms in total. The number of carbonyl (C=O) groups is 2. The van der Waals surface area contributed by atoms with Crippen molar-refractivity contribution in [3.05, 3.63) is 29.8 Å². The highest BCUT2D eigenvalue weighted by atomic mass is 16.5. The van der Waals surface area contributed by atoms with E-state index in [4.69, 9.17) is 15.2 Å². The molecule has 120 valence electrons. The summed E-state index contributed by atoms with van der Waals surface area (Å²) in [6, 6.07) is 7.49. The fourth-order valence-corrected chi connectivity index (χ4v) is 2.51. The summed E-state index contributed by atoms with van der Waals surface area (Å²) >= 11 is 0. The van der Waals surface area contributed by atoms with Crippen LogP contribution >= 0.6 is 0 Å². The molecular formula is C16H22N2O4. The average Bonchev–Trinajstić information content (AvgIpc) is 2.55. The lowest BCUT2D eigenvalue weighted by Crippen LogP contribution is -2.45. The Morgan fingerprint density at radius 3 is 2.68 bits per heavy atom. The molecule has 1 heterocycles. The van der Waals surface area contributed by atoms with Crippen LogP contribution in [0.25, 0.3) is 0 Å². The van der Waals surface area contributed by atoms with Crippen molar-refractivity contribution in [1.29, 1.82) is 0 Å². The molecule has 0 radical (unpaired) electrons. The molecule has 0 bridgehead atoms. The number of rotatable bonds is 6. The van der Waals surface area contributed by atoms with Crippen LogP contribution in [-0.4, -0.2) is 43.5 Å². The molecule has 1 fully saturated rings. The molecule has 2 rings (SSSR count). The predicted octanol–water partition coefficient (Wildman–Crippen LogP) is 0.936. The molecule has 1 aliphatic rings. The highest BCUT2D eigenvalue weighted by Crippen LogP contribution is 2.16. The largest absolute Gasteiger partial charge is 0.497 e. The number of likely N-dealkylation sites (tertiary alicyclic amines) is 1. The molecule has 2 N–H and O–H groups in total. The van der Waals surface area contributed by atoms with Gasteiger partial charge in [0.05, 0.1) is 19.6 Å². The van der Waals surface area contributed by atoms with E-state index in [9.17, 15) is 9.59 Å². The summed E-state index contributed by atoms with van der Waals surface area (Å²) in [6.07, 6.45) is 1.56. The predicted molar refractivity (Wildman–Crippen MR) is 81.1 cm³/mol. The highest BCUT2D eigenvalue weighted by molar-refractivity contribution is 5.80. The van der Waals surface area contributed by atoms with Gasteiger partial charge >= 0.3 is 0 Å². The molecule has 0 unspecified atom stereocenters. The molecule has 2 amide bonds. The first-order valence-corrected chi connectivity index (χ1v) is 7.38. The van der Waals surface area contributed by atoms with Crippen molar-refractivity contribution in [3.8, 4) is 5.75 Å². The Labute approximate surface area is 130 Å². The van der Waals surface area contributed by atoms with Gasteiger partial charge in [-0.25, -0.2) is 0 Å². The van der Waals surface area contributed by atoms with E-state index in [-0.39, 0.29) is 24.3 Å². The molecule has 1 aliphatic heterocycles. The topological polar surface area (TPSA) is 81.9 Å². The maximum atomic E-state index is 12.1. The third-order valence-electron chi connectivity index (χ3n) is 3.83. The molecule has 6 heteroatoms. The van der Waals surface area contributed by atoms with Gasteiger partial charge in [-0.1, -0.05) is 12.1 Å². The Bertz CT molecular complexity index is 515. The van der Waals surface area contributed by atoms with Crippen LogP contribution in [-0.2, 0) is 20.9 Å². The zero-order chi connectivity index (χ0) is 15.9. The van der Waals surface area contributed by atoms with Gasteiger partial charge < -0.3 is 20.1 Å². The number of benzene rings is 1. The quantitative estimate of drug-likeness (QED) is 0.848. The van der Waals surface area contributed by atoms with Gasteiger partial charge in [0.1, 0.15) is 12.4 Å². The first-order chi connectivity index (χ1) is 10.6. The average molecular weight is 306 g/mol. The van der Waals surface area contributed by atoms with Crippen LogP contribution in [0.1, 0.15) is 18.4 Å². The Balaban J connectivity index is 1.76. The van der Waals surface area contributed by atoms with Gasteiger partial charge in [-0.05, 0) is 30.5 Å². The Kier molecular flexibility index (Phi) is 5.77. The fraction of sp³-hybridized carbons (Fsp3) is 0.500. The molecule has 0 saturated carbocycles. The molecule has 22 heavy (non-hydrogen) atoms. The van der Waals surface area contributed by atoms with E-state index in [1.54, 1.807) is 12.0 Å². The maximum Gasteiger partial charge on any atom is 0.248 e. The van der Waals surface area contributed by atoms with Gasteiger partial charge in [0.2, 0.25) is 11.8 Å². The second kappa shape index (κ2) is 7.79. The summed E-state index contributed by atoms with van der Waals surface area (Å²) in [5.41, 5.74) is 6.29. The van der Waals surface area contributed by atoms with E-state index in [1.807, 2.05) is 24.3 Å². The first-order valence-electron chi connectivity index (χ1n) is 7.38. The molecule has 0 aliphatic carbocycles. The van der Waals surface area contributed by atoms with Crippen LogP contribution in [0.5, 0.6) is 5.75 Å². The number of methoxy groups -OCH3 is 1. The van der Waals surface area contributed by atoms with Gasteiger partial charge in [-0.2, -0.15) is 0 Å². The molecule has 1 aromatic carbocycles. The van der Waals surface area contributed by atoms with E-state index in [0.717, 1.165) is 24.2 Å². The van der Waals surface area contributed by atoms with Crippen molar-refractivity contribution < 1.29 is 19.1 Å². The first kappa shape index (κ1) is 16.3. The summed E-state index contributed by atoms with van der Waals surface area (Å²) in [4.78, 5) is 25.0. The number of piperidine rings is 1. The number of hydrogen-bond acceptors (Lipinski definition) is 4. The zero-order valence-corrected chi connectivity index (χ0v) is 12.8. The fourth-order valence-electron chi connectivity index (χ4n) is 2.51. The standard InChI is InChI=1S/C16H22N2O4/c1-21-14-6-4-12(5-7-14)10-22-11-15(19)18-8-2-3-13(9-18)16(17)20/h4-7,13H,2-3,8-11H2,1H3,(H2,17,20)/t13-/m1/s1. The lowest BCUT2D eigenvalue weighted by atomic mass is 9.97. The monoisotopic (exact) mass is 306 g/mol. The minimum Gasteiger partial charge on any atom is -0.497 e. The van der Waals surface area contributed by atoms with Crippen LogP contribution in [0.15, 0.2) is 24.3 Å². The van der Waals surface area contributed by atoms with Gasteiger partial charge in [-0.3, -0.25) is 9.59 Å². The number of hydrogen-bond donors (Lipinski definition) is 1. The maximum absolute atomic E-state index is 12.1. The zero-order valence-electron chi connectivity index (χ0n) is 12.8. The molecule has 1 aromatic rings. The van der Waals surface area contributed by atoms with Gasteiger partial charge in [0.25, 0.3) is 0 Å². The second-order valence-corrected chi connectivity index (χ2v) is 5.42. The van der Waals surface area contributed by atoms with E-state index in [2.05, 4.69) is 0 Å². The third kappa shape index (κ3) is 4.46. The number of carbonyl (C=O) groups excluding carboxylic acids is 2. The van der Waals surface area contributed by atoms with Crippen LogP contribution in [0.4, 0.5) is 0 Å². The van der Waals surface area contributed by atoms with Gasteiger partial charge in [0.15, 0.2) is 0 Å². The molecular weight excluding hydrogens is 284 g/mol. The Morgan fingerprint density at radius 2 is 2.05 bits per heavy atom. The number of nitrogens with two attached hydrogens (primary N) is 1. The van der Waals surface area contributed by atoms with Crippen molar-refractivity contribution in [2.75, 3.05) is 26.8 Å².